The number of hydrazine groups is 1. The molecule has 112 valence electrons. The number of nitrogens with one attached hydrogen (secondary N) is 1. The summed E-state index contributed by atoms with van der Waals surface area (Å²) >= 11 is 0. The first-order chi connectivity index (χ1) is 9.31. The largest absolute Gasteiger partial charge is 0.451 e. The van der Waals surface area contributed by atoms with Crippen LogP contribution < -0.4 is 16.2 Å². The maximum absolute atomic E-state index is 12.8. The highest BCUT2D eigenvalue weighted by atomic mass is 19.4. The maximum atomic E-state index is 12.8. The number of rotatable bonds is 2. The Hall–Kier alpha value is -1.57. The fourth-order valence-corrected chi connectivity index (χ4v) is 2.27. The SMILES string of the molecule is CC1CCN(c2cc(NN)nc(C(F)(F)F)n2)CC1C. The van der Waals surface area contributed by atoms with Gasteiger partial charge in [-0.25, -0.2) is 15.8 Å². The molecular weight excluding hydrogens is 271 g/mol. The van der Waals surface area contributed by atoms with Gasteiger partial charge in [-0.15, -0.1) is 0 Å². The van der Waals surface area contributed by atoms with E-state index in [0.29, 0.717) is 24.9 Å². The van der Waals surface area contributed by atoms with Crippen molar-refractivity contribution >= 4 is 11.6 Å². The predicted octanol–water partition coefficient (Wildman–Crippen LogP) is 2.26. The molecule has 0 bridgehead atoms. The van der Waals surface area contributed by atoms with E-state index in [4.69, 9.17) is 5.84 Å². The van der Waals surface area contributed by atoms with E-state index < -0.39 is 12.0 Å². The first-order valence-electron chi connectivity index (χ1n) is 6.49. The molecule has 2 atom stereocenters. The van der Waals surface area contributed by atoms with Crippen LogP contribution in [0.3, 0.4) is 0 Å². The zero-order chi connectivity index (χ0) is 14.9. The second kappa shape index (κ2) is 5.43. The third-order valence-corrected chi connectivity index (χ3v) is 3.77. The van der Waals surface area contributed by atoms with Crippen LogP contribution in [-0.4, -0.2) is 23.1 Å². The van der Waals surface area contributed by atoms with Crippen molar-refractivity contribution in [2.45, 2.75) is 26.4 Å². The summed E-state index contributed by atoms with van der Waals surface area (Å²) < 4.78 is 38.3. The summed E-state index contributed by atoms with van der Waals surface area (Å²) in [5, 5.41) is 0. The number of aromatic nitrogens is 2. The zero-order valence-electron chi connectivity index (χ0n) is 11.4. The fraction of sp³-hybridized carbons (Fsp3) is 0.667. The fourth-order valence-electron chi connectivity index (χ4n) is 2.27. The molecule has 8 heteroatoms. The van der Waals surface area contributed by atoms with Crippen LogP contribution in [0.4, 0.5) is 24.8 Å². The highest BCUT2D eigenvalue weighted by molar-refractivity contribution is 5.49. The summed E-state index contributed by atoms with van der Waals surface area (Å²) in [6.45, 7) is 5.60. The molecule has 0 spiro atoms. The number of anilines is 2. The van der Waals surface area contributed by atoms with Crippen LogP contribution in [-0.2, 0) is 6.18 Å². The number of nitrogen functional groups attached to an aromatic ring is 1. The van der Waals surface area contributed by atoms with Gasteiger partial charge < -0.3 is 10.3 Å². The van der Waals surface area contributed by atoms with Crippen LogP contribution in [0, 0.1) is 11.8 Å². The normalized spacial score (nSPS) is 23.8. The zero-order valence-corrected chi connectivity index (χ0v) is 11.4. The minimum atomic E-state index is -4.59. The summed E-state index contributed by atoms with van der Waals surface area (Å²) in [6.07, 6.45) is -3.66. The lowest BCUT2D eigenvalue weighted by Gasteiger charge is -2.36. The van der Waals surface area contributed by atoms with Crippen LogP contribution in [0.5, 0.6) is 0 Å². The van der Waals surface area contributed by atoms with Crippen molar-refractivity contribution in [1.82, 2.24) is 9.97 Å². The molecule has 20 heavy (non-hydrogen) atoms. The Balaban J connectivity index is 2.31. The Morgan fingerprint density at radius 1 is 1.30 bits per heavy atom. The average molecular weight is 289 g/mol. The molecule has 0 aromatic carbocycles. The Morgan fingerprint density at radius 2 is 2.00 bits per heavy atom. The van der Waals surface area contributed by atoms with Crippen molar-refractivity contribution in [1.29, 1.82) is 0 Å². The van der Waals surface area contributed by atoms with E-state index in [0.717, 1.165) is 6.42 Å². The minimum Gasteiger partial charge on any atom is -0.356 e. The number of halogens is 3. The van der Waals surface area contributed by atoms with E-state index in [9.17, 15) is 13.2 Å². The van der Waals surface area contributed by atoms with E-state index in [1.54, 1.807) is 0 Å². The third-order valence-electron chi connectivity index (χ3n) is 3.77. The van der Waals surface area contributed by atoms with Gasteiger partial charge in [-0.1, -0.05) is 13.8 Å². The molecule has 1 fully saturated rings. The Labute approximate surface area is 115 Å². The van der Waals surface area contributed by atoms with E-state index in [-0.39, 0.29) is 11.6 Å². The van der Waals surface area contributed by atoms with Gasteiger partial charge in [0.15, 0.2) is 0 Å². The molecule has 2 rings (SSSR count). The van der Waals surface area contributed by atoms with Crippen LogP contribution in [0.1, 0.15) is 26.1 Å². The molecule has 1 aliphatic heterocycles. The van der Waals surface area contributed by atoms with Crippen LogP contribution >= 0.6 is 0 Å². The third kappa shape index (κ3) is 3.12. The van der Waals surface area contributed by atoms with Crippen molar-refractivity contribution in [3.63, 3.8) is 0 Å². The summed E-state index contributed by atoms with van der Waals surface area (Å²) in [5.41, 5.74) is 2.16. The van der Waals surface area contributed by atoms with Gasteiger partial charge in [0, 0.05) is 19.2 Å². The standard InChI is InChI=1S/C12H18F3N5/c1-7-3-4-20(6-8(7)2)10-5-9(19-16)17-11(18-10)12(13,14)15/h5,7-8H,3-4,6,16H2,1-2H3,(H,17,18,19). The predicted molar refractivity (Wildman–Crippen MR) is 70.0 cm³/mol. The first kappa shape index (κ1) is 14.8. The summed E-state index contributed by atoms with van der Waals surface area (Å²) in [6, 6.07) is 1.44. The molecule has 0 amide bonds. The Bertz CT molecular complexity index is 477. The smallest absolute Gasteiger partial charge is 0.356 e. The van der Waals surface area contributed by atoms with Gasteiger partial charge in [0.25, 0.3) is 0 Å². The van der Waals surface area contributed by atoms with Crippen molar-refractivity contribution in [2.75, 3.05) is 23.4 Å². The van der Waals surface area contributed by atoms with Gasteiger partial charge in [-0.3, -0.25) is 0 Å². The molecule has 0 saturated carbocycles. The summed E-state index contributed by atoms with van der Waals surface area (Å²) in [4.78, 5) is 8.83. The van der Waals surface area contributed by atoms with E-state index >= 15 is 0 Å². The van der Waals surface area contributed by atoms with Crippen molar-refractivity contribution in [3.05, 3.63) is 11.9 Å². The lowest BCUT2D eigenvalue weighted by atomic mass is 9.89. The number of nitrogens with two attached hydrogens (primary N) is 1. The quantitative estimate of drug-likeness (QED) is 0.646. The molecule has 0 aliphatic carbocycles. The number of alkyl halides is 3. The van der Waals surface area contributed by atoms with Crippen LogP contribution in [0.25, 0.3) is 0 Å². The van der Waals surface area contributed by atoms with Gasteiger partial charge in [-0.05, 0) is 18.3 Å². The van der Waals surface area contributed by atoms with Gasteiger partial charge in [0.1, 0.15) is 11.6 Å². The van der Waals surface area contributed by atoms with Gasteiger partial charge in [-0.2, -0.15) is 13.2 Å². The topological polar surface area (TPSA) is 67.1 Å². The molecule has 1 aromatic heterocycles. The van der Waals surface area contributed by atoms with Gasteiger partial charge in [0.05, 0.1) is 0 Å². The second-order valence-electron chi connectivity index (χ2n) is 5.27. The molecule has 1 aliphatic rings. The van der Waals surface area contributed by atoms with Crippen LogP contribution in [0.15, 0.2) is 6.07 Å². The molecule has 5 nitrogen and oxygen atoms in total. The highest BCUT2D eigenvalue weighted by Gasteiger charge is 2.36. The number of nitrogens with zero attached hydrogens (tertiary/aromatic N) is 3. The highest BCUT2D eigenvalue weighted by Crippen LogP contribution is 2.31. The minimum absolute atomic E-state index is 0.0337. The monoisotopic (exact) mass is 289 g/mol. The Kier molecular flexibility index (Phi) is 4.03. The maximum Gasteiger partial charge on any atom is 0.451 e. The van der Waals surface area contributed by atoms with Crippen LogP contribution in [0.2, 0.25) is 0 Å². The van der Waals surface area contributed by atoms with Gasteiger partial charge >= 0.3 is 6.18 Å². The molecular formula is C12H18F3N5. The van der Waals surface area contributed by atoms with E-state index in [2.05, 4.69) is 29.2 Å². The van der Waals surface area contributed by atoms with Gasteiger partial charge in [0.2, 0.25) is 5.82 Å². The molecule has 1 aromatic rings. The molecule has 2 unspecified atom stereocenters. The number of piperidine rings is 1. The molecule has 3 N–H and O–H groups in total. The first-order valence-corrected chi connectivity index (χ1v) is 6.49. The average Bonchev–Trinajstić information content (AvgIpc) is 2.40. The number of hydrogen-bond acceptors (Lipinski definition) is 5. The second-order valence-corrected chi connectivity index (χ2v) is 5.27. The number of hydrogen-bond donors (Lipinski definition) is 2. The molecule has 0 radical (unpaired) electrons. The summed E-state index contributed by atoms with van der Waals surface area (Å²) in [7, 11) is 0. The van der Waals surface area contributed by atoms with Crippen molar-refractivity contribution in [2.24, 2.45) is 17.7 Å². The lowest BCUT2D eigenvalue weighted by molar-refractivity contribution is -0.144. The van der Waals surface area contributed by atoms with Crippen molar-refractivity contribution in [3.8, 4) is 0 Å². The Morgan fingerprint density at radius 3 is 2.55 bits per heavy atom. The van der Waals surface area contributed by atoms with E-state index in [1.807, 2.05) is 4.90 Å². The molecule has 2 heterocycles. The van der Waals surface area contributed by atoms with E-state index in [1.165, 1.54) is 6.07 Å². The molecule has 1 saturated heterocycles. The van der Waals surface area contributed by atoms with Crippen molar-refractivity contribution < 1.29 is 13.2 Å². The summed E-state index contributed by atoms with van der Waals surface area (Å²) in [5.74, 6) is 5.20. The lowest BCUT2D eigenvalue weighted by Crippen LogP contribution is -2.39.